The predicted molar refractivity (Wildman–Crippen MR) is 154 cm³/mol. The average molecular weight is 570 g/mol. The summed E-state index contributed by atoms with van der Waals surface area (Å²) in [5, 5.41) is 3.77. The first-order chi connectivity index (χ1) is 18.6. The van der Waals surface area contributed by atoms with Crippen molar-refractivity contribution in [1.82, 2.24) is 19.8 Å². The van der Waals surface area contributed by atoms with Crippen LogP contribution >= 0.6 is 11.6 Å². The van der Waals surface area contributed by atoms with Crippen molar-refractivity contribution >= 4 is 43.9 Å². The zero-order valence-electron chi connectivity index (χ0n) is 22.0. The molecule has 2 aliphatic heterocycles. The molecule has 11 heteroatoms. The second-order valence-electron chi connectivity index (χ2n) is 10.5. The molecule has 1 amide bonds. The Morgan fingerprint density at radius 1 is 1.13 bits per heavy atom. The topological polar surface area (TPSA) is 105 Å². The molecule has 1 N–H and O–H groups in total. The predicted octanol–water partition coefficient (Wildman–Crippen LogP) is 3.62. The van der Waals surface area contributed by atoms with Crippen molar-refractivity contribution in [2.75, 3.05) is 29.6 Å². The van der Waals surface area contributed by atoms with Gasteiger partial charge in [-0.1, -0.05) is 23.7 Å². The molecule has 3 heterocycles. The van der Waals surface area contributed by atoms with Crippen molar-refractivity contribution in [2.24, 2.45) is 5.92 Å². The molecule has 0 saturated carbocycles. The van der Waals surface area contributed by atoms with Crippen LogP contribution in [0.4, 0.5) is 5.69 Å². The molecule has 1 aromatic heterocycles. The number of aromatic nitrogens is 2. The molecule has 2 aliphatic rings. The van der Waals surface area contributed by atoms with Gasteiger partial charge in [-0.15, -0.1) is 0 Å². The van der Waals surface area contributed by atoms with Crippen LogP contribution in [-0.4, -0.2) is 59.5 Å². The van der Waals surface area contributed by atoms with Crippen LogP contribution in [0.25, 0.3) is 22.3 Å². The third kappa shape index (κ3) is 6.28. The molecule has 5 rings (SSSR count). The molecule has 2 aromatic carbocycles. The largest absolute Gasteiger partial charge is 0.358 e. The van der Waals surface area contributed by atoms with E-state index in [-0.39, 0.29) is 35.6 Å². The van der Waals surface area contributed by atoms with Crippen molar-refractivity contribution in [3.8, 4) is 11.4 Å². The Bertz CT molecular complexity index is 1590. The summed E-state index contributed by atoms with van der Waals surface area (Å²) in [4.78, 5) is 35.5. The summed E-state index contributed by atoms with van der Waals surface area (Å²) in [6.45, 7) is 4.96. The van der Waals surface area contributed by atoms with Gasteiger partial charge in [0.2, 0.25) is 5.91 Å². The number of nitrogens with zero attached hydrogens (tertiary/aromatic N) is 4. The lowest BCUT2D eigenvalue weighted by atomic mass is 10.0. The van der Waals surface area contributed by atoms with Crippen LogP contribution in [0.1, 0.15) is 26.7 Å². The molecule has 0 bridgehead atoms. The highest BCUT2D eigenvalue weighted by Crippen LogP contribution is 2.27. The number of amides is 1. The highest BCUT2D eigenvalue weighted by atomic mass is 35.5. The van der Waals surface area contributed by atoms with Gasteiger partial charge >= 0.3 is 0 Å². The van der Waals surface area contributed by atoms with E-state index in [9.17, 15) is 18.0 Å². The SMILES string of the molecule is CC(C)NC(=O)Cn1c(-c2cccc(Cl)c2)nc2ccc(N3C=CN(CC4CCS(=O)(=O)CC4)C3)cc2c1=O. The summed E-state index contributed by atoms with van der Waals surface area (Å²) in [6.07, 6.45) is 5.34. The van der Waals surface area contributed by atoms with Gasteiger partial charge in [-0.3, -0.25) is 14.2 Å². The quantitative estimate of drug-likeness (QED) is 0.463. The Morgan fingerprint density at radius 2 is 1.90 bits per heavy atom. The van der Waals surface area contributed by atoms with Crippen LogP contribution in [0.2, 0.25) is 5.02 Å². The first-order valence-corrected chi connectivity index (χ1v) is 15.3. The number of hydrogen-bond donors (Lipinski definition) is 1. The molecule has 206 valence electrons. The molecule has 0 radical (unpaired) electrons. The second kappa shape index (κ2) is 11.0. The Hall–Kier alpha value is -3.37. The summed E-state index contributed by atoms with van der Waals surface area (Å²) < 4.78 is 24.9. The van der Waals surface area contributed by atoms with E-state index in [2.05, 4.69) is 10.2 Å². The Balaban J connectivity index is 1.43. The fraction of sp³-hybridized carbons (Fsp3) is 0.393. The third-order valence-corrected chi connectivity index (χ3v) is 9.01. The highest BCUT2D eigenvalue weighted by molar-refractivity contribution is 7.91. The fourth-order valence-corrected chi connectivity index (χ4v) is 6.88. The number of nitrogens with one attached hydrogen (secondary N) is 1. The maximum Gasteiger partial charge on any atom is 0.262 e. The molecule has 0 spiro atoms. The molecule has 1 saturated heterocycles. The molecule has 0 unspecified atom stereocenters. The second-order valence-corrected chi connectivity index (χ2v) is 13.3. The summed E-state index contributed by atoms with van der Waals surface area (Å²) in [6, 6.07) is 12.6. The first kappa shape index (κ1) is 27.2. The van der Waals surface area contributed by atoms with E-state index in [0.717, 1.165) is 12.2 Å². The van der Waals surface area contributed by atoms with E-state index < -0.39 is 9.84 Å². The van der Waals surface area contributed by atoms with Gasteiger partial charge in [-0.05, 0) is 62.9 Å². The number of carbonyl (C=O) groups excluding carboxylic acids is 1. The van der Waals surface area contributed by atoms with Crippen LogP contribution in [0.3, 0.4) is 0 Å². The molecule has 0 aliphatic carbocycles. The van der Waals surface area contributed by atoms with Crippen molar-refractivity contribution in [3.05, 3.63) is 70.2 Å². The zero-order valence-corrected chi connectivity index (χ0v) is 23.6. The van der Waals surface area contributed by atoms with Gasteiger partial charge in [0.05, 0.1) is 29.1 Å². The van der Waals surface area contributed by atoms with E-state index in [1.165, 1.54) is 4.57 Å². The minimum absolute atomic E-state index is 0.0641. The minimum atomic E-state index is -2.88. The molecule has 1 fully saturated rings. The smallest absolute Gasteiger partial charge is 0.262 e. The van der Waals surface area contributed by atoms with E-state index in [1.807, 2.05) is 55.4 Å². The fourth-order valence-electron chi connectivity index (χ4n) is 5.10. The van der Waals surface area contributed by atoms with Crippen LogP contribution < -0.4 is 15.8 Å². The maximum absolute atomic E-state index is 13.8. The number of halogens is 1. The molecular formula is C28H32ClN5O4S. The van der Waals surface area contributed by atoms with Crippen LogP contribution in [0.5, 0.6) is 0 Å². The van der Waals surface area contributed by atoms with E-state index in [1.54, 1.807) is 18.2 Å². The van der Waals surface area contributed by atoms with Crippen LogP contribution in [0.15, 0.2) is 59.7 Å². The minimum Gasteiger partial charge on any atom is -0.358 e. The van der Waals surface area contributed by atoms with Crippen LogP contribution in [0, 0.1) is 5.92 Å². The average Bonchev–Trinajstić information content (AvgIpc) is 3.35. The number of benzene rings is 2. The normalized spacial score (nSPS) is 17.3. The van der Waals surface area contributed by atoms with E-state index in [0.29, 0.717) is 52.7 Å². The van der Waals surface area contributed by atoms with Crippen molar-refractivity contribution in [3.63, 3.8) is 0 Å². The highest BCUT2D eigenvalue weighted by Gasteiger charge is 2.26. The Kier molecular flexibility index (Phi) is 7.68. The van der Waals surface area contributed by atoms with Gasteiger partial charge in [0.25, 0.3) is 5.56 Å². The van der Waals surface area contributed by atoms with Gasteiger partial charge < -0.3 is 15.1 Å². The van der Waals surface area contributed by atoms with E-state index >= 15 is 0 Å². The summed E-state index contributed by atoms with van der Waals surface area (Å²) in [7, 11) is -2.88. The monoisotopic (exact) mass is 569 g/mol. The van der Waals surface area contributed by atoms with Gasteiger partial charge in [-0.25, -0.2) is 13.4 Å². The summed E-state index contributed by atoms with van der Waals surface area (Å²) >= 11 is 6.22. The van der Waals surface area contributed by atoms with Gasteiger partial charge in [0.1, 0.15) is 22.2 Å². The molecular weight excluding hydrogens is 538 g/mol. The van der Waals surface area contributed by atoms with Crippen molar-refractivity contribution in [1.29, 1.82) is 0 Å². The molecule has 39 heavy (non-hydrogen) atoms. The molecule has 9 nitrogen and oxygen atoms in total. The zero-order chi connectivity index (χ0) is 27.7. The number of hydrogen-bond acceptors (Lipinski definition) is 7. The summed E-state index contributed by atoms with van der Waals surface area (Å²) in [5.74, 6) is 0.961. The lowest BCUT2D eigenvalue weighted by Gasteiger charge is -2.28. The number of sulfone groups is 1. The van der Waals surface area contributed by atoms with Gasteiger partial charge in [0.15, 0.2) is 0 Å². The van der Waals surface area contributed by atoms with E-state index in [4.69, 9.17) is 16.6 Å². The standard InChI is InChI=1S/C28H32ClN5O4S/c1-19(2)30-26(35)17-34-27(21-4-3-5-22(29)14-21)31-25-7-6-23(15-24(25)28(34)36)33-11-10-32(18-33)16-20-8-12-39(37,38)13-9-20/h3-7,10-11,14-15,19-20H,8-9,12-13,16-18H2,1-2H3,(H,30,35). The number of carbonyl (C=O) groups is 1. The van der Waals surface area contributed by atoms with Crippen molar-refractivity contribution in [2.45, 2.75) is 39.3 Å². The van der Waals surface area contributed by atoms with Crippen molar-refractivity contribution < 1.29 is 13.2 Å². The van der Waals surface area contributed by atoms with Gasteiger partial charge in [0, 0.05) is 41.3 Å². The van der Waals surface area contributed by atoms with Crippen LogP contribution in [-0.2, 0) is 21.2 Å². The lowest BCUT2D eigenvalue weighted by Crippen LogP contribution is -2.37. The molecule has 3 aromatic rings. The third-order valence-electron chi connectivity index (χ3n) is 7.06. The summed E-state index contributed by atoms with van der Waals surface area (Å²) in [5.41, 5.74) is 1.71. The lowest BCUT2D eigenvalue weighted by molar-refractivity contribution is -0.122. The number of anilines is 1. The Labute approximate surface area is 233 Å². The number of rotatable bonds is 7. The van der Waals surface area contributed by atoms with Gasteiger partial charge in [-0.2, -0.15) is 0 Å². The maximum atomic E-state index is 13.8. The molecule has 0 atom stereocenters. The number of fused-ring (bicyclic) bond motifs is 1. The first-order valence-electron chi connectivity index (χ1n) is 13.1. The Morgan fingerprint density at radius 3 is 2.62 bits per heavy atom.